The minimum atomic E-state index is 0.349. The van der Waals surface area contributed by atoms with E-state index in [2.05, 4.69) is 32.2 Å². The Morgan fingerprint density at radius 1 is 1.10 bits per heavy atom. The first kappa shape index (κ1) is 17.7. The summed E-state index contributed by atoms with van der Waals surface area (Å²) in [6.45, 7) is 8.53. The van der Waals surface area contributed by atoms with Gasteiger partial charge < -0.3 is 10.1 Å². The summed E-state index contributed by atoms with van der Waals surface area (Å²) in [7, 11) is 0. The molecule has 0 aromatic rings. The monoisotopic (exact) mass is 281 g/mol. The molecule has 0 radical (unpaired) electrons. The van der Waals surface area contributed by atoms with Crippen molar-refractivity contribution in [3.63, 3.8) is 0 Å². The highest BCUT2D eigenvalue weighted by atomic mass is 16.5. The van der Waals surface area contributed by atoms with Crippen LogP contribution < -0.4 is 5.32 Å². The number of nitrogens with one attached hydrogen (secondary N) is 1. The Kier molecular flexibility index (Phi) is 10.0. The predicted octanol–water partition coefficient (Wildman–Crippen LogP) is 4.84. The summed E-state index contributed by atoms with van der Waals surface area (Å²) in [4.78, 5) is 0. The third-order valence-electron chi connectivity index (χ3n) is 4.17. The quantitative estimate of drug-likeness (QED) is 0.611. The Labute approximate surface area is 126 Å². The van der Waals surface area contributed by atoms with Crippen LogP contribution in [0.2, 0.25) is 0 Å². The zero-order valence-electron chi connectivity index (χ0n) is 13.9. The first-order chi connectivity index (χ1) is 9.83. The van der Waals surface area contributed by atoms with Gasteiger partial charge in [0.2, 0.25) is 0 Å². The van der Waals surface area contributed by atoms with Crippen LogP contribution in [0.15, 0.2) is 11.6 Å². The van der Waals surface area contributed by atoms with E-state index in [4.69, 9.17) is 4.74 Å². The van der Waals surface area contributed by atoms with Crippen LogP contribution in [0.25, 0.3) is 0 Å². The van der Waals surface area contributed by atoms with Crippen LogP contribution in [0.4, 0.5) is 0 Å². The topological polar surface area (TPSA) is 21.3 Å². The molecule has 1 aliphatic rings. The van der Waals surface area contributed by atoms with Crippen LogP contribution in [0, 0.1) is 0 Å². The maximum Gasteiger partial charge on any atom is 0.0766 e. The Balaban J connectivity index is 2.77. The van der Waals surface area contributed by atoms with Crippen LogP contribution >= 0.6 is 0 Å². The second-order valence-corrected chi connectivity index (χ2v) is 5.95. The molecule has 2 atom stereocenters. The van der Waals surface area contributed by atoms with E-state index in [9.17, 15) is 0 Å². The second-order valence-electron chi connectivity index (χ2n) is 5.95. The summed E-state index contributed by atoms with van der Waals surface area (Å²) in [5.74, 6) is 0. The fraction of sp³-hybridized carbons (Fsp3) is 0.889. The van der Waals surface area contributed by atoms with Gasteiger partial charge in [0.25, 0.3) is 0 Å². The van der Waals surface area contributed by atoms with Gasteiger partial charge in [-0.05, 0) is 52.0 Å². The molecule has 1 rings (SSSR count). The van der Waals surface area contributed by atoms with Crippen molar-refractivity contribution in [1.29, 1.82) is 0 Å². The van der Waals surface area contributed by atoms with E-state index in [-0.39, 0.29) is 0 Å². The van der Waals surface area contributed by atoms with E-state index < -0.39 is 0 Å². The number of ether oxygens (including phenoxy) is 1. The largest absolute Gasteiger partial charge is 0.377 e. The van der Waals surface area contributed by atoms with E-state index in [1.54, 1.807) is 5.57 Å². The number of allylic oxidation sites excluding steroid dienone is 1. The van der Waals surface area contributed by atoms with E-state index in [0.717, 1.165) is 19.6 Å². The minimum absolute atomic E-state index is 0.349. The average molecular weight is 281 g/mol. The Hall–Kier alpha value is -0.340. The minimum Gasteiger partial charge on any atom is -0.377 e. The maximum atomic E-state index is 6.06. The van der Waals surface area contributed by atoms with E-state index in [1.165, 1.54) is 51.4 Å². The van der Waals surface area contributed by atoms with Crippen LogP contribution in [0.1, 0.15) is 78.6 Å². The predicted molar refractivity (Wildman–Crippen MR) is 88.2 cm³/mol. The molecule has 0 heterocycles. The zero-order chi connectivity index (χ0) is 14.6. The van der Waals surface area contributed by atoms with Gasteiger partial charge in [-0.2, -0.15) is 0 Å². The molecule has 1 aliphatic carbocycles. The maximum absolute atomic E-state index is 6.06. The number of hydrogen-bond acceptors (Lipinski definition) is 2. The van der Waals surface area contributed by atoms with Gasteiger partial charge in [0.1, 0.15) is 0 Å². The van der Waals surface area contributed by atoms with Crippen molar-refractivity contribution in [2.75, 3.05) is 13.2 Å². The molecule has 2 heteroatoms. The average Bonchev–Trinajstić information content (AvgIpc) is 2.41. The smallest absolute Gasteiger partial charge is 0.0766 e. The zero-order valence-corrected chi connectivity index (χ0v) is 13.9. The highest BCUT2D eigenvalue weighted by Gasteiger charge is 2.24. The van der Waals surface area contributed by atoms with E-state index >= 15 is 0 Å². The molecule has 1 N–H and O–H groups in total. The lowest BCUT2D eigenvalue weighted by molar-refractivity contribution is 0.0359. The molecule has 0 saturated heterocycles. The second kappa shape index (κ2) is 11.3. The first-order valence-corrected chi connectivity index (χ1v) is 8.87. The van der Waals surface area contributed by atoms with Gasteiger partial charge >= 0.3 is 0 Å². The SMILES string of the molecule is CCCNC(C1=CCCCCCC1)C(CCC)OCC. The third-order valence-corrected chi connectivity index (χ3v) is 4.17. The Bertz CT molecular complexity index is 256. The lowest BCUT2D eigenvalue weighted by atomic mass is 9.90. The van der Waals surface area contributed by atoms with Gasteiger partial charge in [0, 0.05) is 6.61 Å². The molecule has 0 saturated carbocycles. The Morgan fingerprint density at radius 2 is 1.90 bits per heavy atom. The van der Waals surface area contributed by atoms with Crippen molar-refractivity contribution >= 4 is 0 Å². The first-order valence-electron chi connectivity index (χ1n) is 8.87. The van der Waals surface area contributed by atoms with E-state index in [1.807, 2.05) is 0 Å². The van der Waals surface area contributed by atoms with Crippen molar-refractivity contribution in [2.24, 2.45) is 0 Å². The van der Waals surface area contributed by atoms with Gasteiger partial charge in [0.05, 0.1) is 12.1 Å². The molecular formula is C18H35NO. The summed E-state index contributed by atoms with van der Waals surface area (Å²) >= 11 is 0. The van der Waals surface area contributed by atoms with Crippen molar-refractivity contribution in [3.8, 4) is 0 Å². The van der Waals surface area contributed by atoms with Gasteiger partial charge in [-0.3, -0.25) is 0 Å². The normalized spacial score (nSPS) is 19.9. The van der Waals surface area contributed by atoms with Crippen molar-refractivity contribution in [2.45, 2.75) is 90.7 Å². The molecule has 0 aromatic heterocycles. The van der Waals surface area contributed by atoms with Crippen molar-refractivity contribution < 1.29 is 4.74 Å². The highest BCUT2D eigenvalue weighted by molar-refractivity contribution is 5.14. The van der Waals surface area contributed by atoms with Gasteiger partial charge in [-0.1, -0.05) is 44.8 Å². The number of hydrogen-bond donors (Lipinski definition) is 1. The fourth-order valence-electron chi connectivity index (χ4n) is 3.14. The summed E-state index contributed by atoms with van der Waals surface area (Å²) in [6, 6.07) is 0.438. The molecule has 2 nitrogen and oxygen atoms in total. The molecule has 0 fully saturated rings. The summed E-state index contributed by atoms with van der Waals surface area (Å²) in [5.41, 5.74) is 1.62. The van der Waals surface area contributed by atoms with Crippen LogP contribution in [-0.2, 0) is 4.74 Å². The molecule has 0 aromatic carbocycles. The number of rotatable bonds is 9. The molecular weight excluding hydrogens is 246 g/mol. The lowest BCUT2D eigenvalue weighted by Crippen LogP contribution is -2.43. The van der Waals surface area contributed by atoms with Crippen LogP contribution in [0.5, 0.6) is 0 Å². The molecule has 0 spiro atoms. The molecule has 20 heavy (non-hydrogen) atoms. The van der Waals surface area contributed by atoms with Gasteiger partial charge in [-0.25, -0.2) is 0 Å². The summed E-state index contributed by atoms with van der Waals surface area (Å²) in [6.07, 6.45) is 14.4. The van der Waals surface area contributed by atoms with E-state index in [0.29, 0.717) is 12.1 Å². The highest BCUT2D eigenvalue weighted by Crippen LogP contribution is 2.24. The Morgan fingerprint density at radius 3 is 2.60 bits per heavy atom. The molecule has 0 bridgehead atoms. The molecule has 2 unspecified atom stereocenters. The summed E-state index contributed by atoms with van der Waals surface area (Å²) < 4.78 is 6.06. The molecule has 0 amide bonds. The van der Waals surface area contributed by atoms with Crippen molar-refractivity contribution in [3.05, 3.63) is 11.6 Å². The van der Waals surface area contributed by atoms with Gasteiger partial charge in [0.15, 0.2) is 0 Å². The standard InChI is InChI=1S/C18H35NO/c1-4-12-17(20-6-3)18(19-15-5-2)16-13-10-8-7-9-11-14-16/h13,17-19H,4-12,14-15H2,1-3H3. The lowest BCUT2D eigenvalue weighted by Gasteiger charge is -2.31. The van der Waals surface area contributed by atoms with Crippen LogP contribution in [-0.4, -0.2) is 25.3 Å². The molecule has 0 aliphatic heterocycles. The van der Waals surface area contributed by atoms with Gasteiger partial charge in [-0.15, -0.1) is 0 Å². The van der Waals surface area contributed by atoms with Crippen LogP contribution in [0.3, 0.4) is 0 Å². The third kappa shape index (κ3) is 6.41. The fourth-order valence-corrected chi connectivity index (χ4v) is 3.14. The molecule has 118 valence electrons. The van der Waals surface area contributed by atoms with Crippen molar-refractivity contribution in [1.82, 2.24) is 5.32 Å². The summed E-state index contributed by atoms with van der Waals surface area (Å²) in [5, 5.41) is 3.76.